The molecule has 0 aromatic heterocycles. The quantitative estimate of drug-likeness (QED) is 0.702. The van der Waals surface area contributed by atoms with E-state index >= 15 is 0 Å². The number of nitrogens with zero attached hydrogens (tertiary/aromatic N) is 1. The van der Waals surface area contributed by atoms with Crippen molar-refractivity contribution >= 4 is 5.78 Å². The molecule has 0 spiro atoms. The summed E-state index contributed by atoms with van der Waals surface area (Å²) >= 11 is 0. The van der Waals surface area contributed by atoms with E-state index in [1.54, 1.807) is 0 Å². The maximum atomic E-state index is 11.2. The number of ketones is 1. The average Bonchev–Trinajstić information content (AvgIpc) is 2.58. The predicted octanol–water partition coefficient (Wildman–Crippen LogP) is 3.90. The van der Waals surface area contributed by atoms with Crippen LogP contribution in [0.25, 0.3) is 0 Å². The fraction of sp³-hybridized carbons (Fsp3) is 0.650. The van der Waals surface area contributed by atoms with Gasteiger partial charge in [-0.1, -0.05) is 50.5 Å². The number of rotatable bonds is 9. The molecular formula is C20H31NO2. The SMILES string of the molecule is CCCCCCc1ccc(C(O)CCN2CCC(=O)CC2)cc1. The van der Waals surface area contributed by atoms with Crippen molar-refractivity contribution in [1.29, 1.82) is 0 Å². The fourth-order valence-electron chi connectivity index (χ4n) is 3.16. The van der Waals surface area contributed by atoms with Gasteiger partial charge in [-0.15, -0.1) is 0 Å². The second-order valence-corrected chi connectivity index (χ2v) is 6.74. The Bertz CT molecular complexity index is 459. The lowest BCUT2D eigenvalue weighted by Crippen LogP contribution is -2.35. The topological polar surface area (TPSA) is 40.5 Å². The largest absolute Gasteiger partial charge is 0.388 e. The number of aliphatic hydroxyl groups is 1. The summed E-state index contributed by atoms with van der Waals surface area (Å²) in [5.41, 5.74) is 2.38. The monoisotopic (exact) mass is 317 g/mol. The minimum Gasteiger partial charge on any atom is -0.388 e. The second-order valence-electron chi connectivity index (χ2n) is 6.74. The summed E-state index contributed by atoms with van der Waals surface area (Å²) in [5.74, 6) is 0.372. The highest BCUT2D eigenvalue weighted by Crippen LogP contribution is 2.19. The minimum atomic E-state index is -0.401. The van der Waals surface area contributed by atoms with Crippen LogP contribution in [0, 0.1) is 0 Å². The van der Waals surface area contributed by atoms with Crippen LogP contribution in [-0.2, 0) is 11.2 Å². The summed E-state index contributed by atoms with van der Waals surface area (Å²) in [4.78, 5) is 13.5. The summed E-state index contributed by atoms with van der Waals surface area (Å²) < 4.78 is 0. The van der Waals surface area contributed by atoms with Gasteiger partial charge >= 0.3 is 0 Å². The molecule has 1 N–H and O–H groups in total. The van der Waals surface area contributed by atoms with E-state index in [0.29, 0.717) is 18.6 Å². The first-order chi connectivity index (χ1) is 11.2. The molecule has 1 aromatic rings. The molecule has 1 unspecified atom stereocenters. The van der Waals surface area contributed by atoms with Crippen molar-refractivity contribution in [2.45, 2.75) is 64.4 Å². The Hall–Kier alpha value is -1.19. The van der Waals surface area contributed by atoms with Crippen LogP contribution >= 0.6 is 0 Å². The normalized spacial score (nSPS) is 17.4. The third kappa shape index (κ3) is 6.44. The van der Waals surface area contributed by atoms with Crippen molar-refractivity contribution in [2.24, 2.45) is 0 Å². The van der Waals surface area contributed by atoms with Crippen LogP contribution < -0.4 is 0 Å². The number of hydrogen-bond acceptors (Lipinski definition) is 3. The maximum absolute atomic E-state index is 11.2. The first-order valence-corrected chi connectivity index (χ1v) is 9.20. The molecular weight excluding hydrogens is 286 g/mol. The first-order valence-electron chi connectivity index (χ1n) is 9.20. The van der Waals surface area contributed by atoms with Crippen LogP contribution in [0.2, 0.25) is 0 Å². The van der Waals surface area contributed by atoms with Crippen LogP contribution in [0.1, 0.15) is 69.1 Å². The van der Waals surface area contributed by atoms with E-state index in [2.05, 4.69) is 36.1 Å². The highest BCUT2D eigenvalue weighted by atomic mass is 16.3. The van der Waals surface area contributed by atoms with Gasteiger partial charge in [-0.2, -0.15) is 0 Å². The van der Waals surface area contributed by atoms with Crippen LogP contribution in [0.4, 0.5) is 0 Å². The lowest BCUT2D eigenvalue weighted by Gasteiger charge is -2.26. The maximum Gasteiger partial charge on any atom is 0.135 e. The third-order valence-electron chi connectivity index (χ3n) is 4.82. The van der Waals surface area contributed by atoms with Crippen LogP contribution in [0.5, 0.6) is 0 Å². The Morgan fingerprint density at radius 2 is 1.78 bits per heavy atom. The molecule has 0 radical (unpaired) electrons. The minimum absolute atomic E-state index is 0.372. The molecule has 1 aliphatic heterocycles. The summed E-state index contributed by atoms with van der Waals surface area (Å²) in [6.45, 7) is 4.80. The van der Waals surface area contributed by atoms with Gasteiger partial charge in [0.1, 0.15) is 5.78 Å². The number of Topliss-reactive ketones (excluding diaryl/α,β-unsaturated/α-hetero) is 1. The molecule has 0 amide bonds. The van der Waals surface area contributed by atoms with E-state index in [1.165, 1.54) is 31.2 Å². The summed E-state index contributed by atoms with van der Waals surface area (Å²) in [6.07, 6.45) is 7.97. The molecule has 1 aliphatic rings. The number of carbonyl (C=O) groups is 1. The number of carbonyl (C=O) groups excluding carboxylic acids is 1. The van der Waals surface area contributed by atoms with Crippen molar-refractivity contribution in [3.8, 4) is 0 Å². The van der Waals surface area contributed by atoms with Crippen LogP contribution in [0.3, 0.4) is 0 Å². The summed E-state index contributed by atoms with van der Waals surface area (Å²) in [7, 11) is 0. The van der Waals surface area contributed by atoms with Gasteiger partial charge in [-0.25, -0.2) is 0 Å². The Kier molecular flexibility index (Phi) is 7.77. The molecule has 1 aromatic carbocycles. The molecule has 2 rings (SSSR count). The molecule has 3 heteroatoms. The molecule has 1 atom stereocenters. The van der Waals surface area contributed by atoms with E-state index in [0.717, 1.165) is 38.0 Å². The van der Waals surface area contributed by atoms with E-state index in [1.807, 2.05) is 0 Å². The Morgan fingerprint density at radius 3 is 2.43 bits per heavy atom. The molecule has 23 heavy (non-hydrogen) atoms. The first kappa shape index (κ1) is 18.2. The van der Waals surface area contributed by atoms with E-state index < -0.39 is 6.10 Å². The number of aliphatic hydroxyl groups excluding tert-OH is 1. The zero-order valence-electron chi connectivity index (χ0n) is 14.5. The van der Waals surface area contributed by atoms with Gasteiger partial charge in [-0.3, -0.25) is 4.79 Å². The molecule has 128 valence electrons. The number of likely N-dealkylation sites (tertiary alicyclic amines) is 1. The zero-order chi connectivity index (χ0) is 16.5. The summed E-state index contributed by atoms with van der Waals surface area (Å²) in [6, 6.07) is 8.45. The third-order valence-corrected chi connectivity index (χ3v) is 4.82. The van der Waals surface area contributed by atoms with Gasteiger partial charge in [0, 0.05) is 32.5 Å². The summed E-state index contributed by atoms with van der Waals surface area (Å²) in [5, 5.41) is 10.3. The number of hydrogen-bond donors (Lipinski definition) is 1. The zero-order valence-corrected chi connectivity index (χ0v) is 14.5. The van der Waals surface area contributed by atoms with Crippen molar-refractivity contribution in [1.82, 2.24) is 4.90 Å². The van der Waals surface area contributed by atoms with Crippen molar-refractivity contribution in [3.05, 3.63) is 35.4 Å². The molecule has 1 saturated heterocycles. The van der Waals surface area contributed by atoms with Crippen molar-refractivity contribution in [2.75, 3.05) is 19.6 Å². The van der Waals surface area contributed by atoms with Gasteiger partial charge in [0.25, 0.3) is 0 Å². The predicted molar refractivity (Wildman–Crippen MR) is 94.5 cm³/mol. The Balaban J connectivity index is 1.71. The molecule has 1 heterocycles. The van der Waals surface area contributed by atoms with E-state index in [9.17, 15) is 9.90 Å². The average molecular weight is 317 g/mol. The lowest BCUT2D eigenvalue weighted by atomic mass is 10.0. The number of unbranched alkanes of at least 4 members (excludes halogenated alkanes) is 3. The van der Waals surface area contributed by atoms with Crippen molar-refractivity contribution in [3.63, 3.8) is 0 Å². The Labute approximate surface area is 140 Å². The van der Waals surface area contributed by atoms with Crippen LogP contribution in [0.15, 0.2) is 24.3 Å². The standard InChI is InChI=1S/C20H31NO2/c1-2-3-4-5-6-17-7-9-18(10-8-17)20(23)13-16-21-14-11-19(22)12-15-21/h7-10,20,23H,2-6,11-16H2,1H3. The van der Waals surface area contributed by atoms with Gasteiger partial charge in [0.15, 0.2) is 0 Å². The van der Waals surface area contributed by atoms with Crippen LogP contribution in [-0.4, -0.2) is 35.4 Å². The molecule has 0 aliphatic carbocycles. The number of piperidine rings is 1. The lowest BCUT2D eigenvalue weighted by molar-refractivity contribution is -0.121. The van der Waals surface area contributed by atoms with E-state index in [4.69, 9.17) is 0 Å². The molecule has 3 nitrogen and oxygen atoms in total. The van der Waals surface area contributed by atoms with E-state index in [-0.39, 0.29) is 0 Å². The van der Waals surface area contributed by atoms with Crippen molar-refractivity contribution < 1.29 is 9.90 Å². The smallest absolute Gasteiger partial charge is 0.135 e. The fourth-order valence-corrected chi connectivity index (χ4v) is 3.16. The molecule has 0 saturated carbocycles. The highest BCUT2D eigenvalue weighted by molar-refractivity contribution is 5.79. The molecule has 1 fully saturated rings. The van der Waals surface area contributed by atoms with Gasteiger partial charge in [0.05, 0.1) is 6.10 Å². The Morgan fingerprint density at radius 1 is 1.09 bits per heavy atom. The van der Waals surface area contributed by atoms with Gasteiger partial charge in [0.2, 0.25) is 0 Å². The highest BCUT2D eigenvalue weighted by Gasteiger charge is 2.17. The second kappa shape index (κ2) is 9.84. The van der Waals surface area contributed by atoms with Gasteiger partial charge < -0.3 is 10.0 Å². The molecule has 0 bridgehead atoms. The van der Waals surface area contributed by atoms with Gasteiger partial charge in [-0.05, 0) is 30.4 Å². The number of benzene rings is 1. The number of aryl methyl sites for hydroxylation is 1.